The van der Waals surface area contributed by atoms with E-state index in [4.69, 9.17) is 0 Å². The first-order valence-electron chi connectivity index (χ1n) is 6.19. The quantitative estimate of drug-likeness (QED) is 0.788. The first-order chi connectivity index (χ1) is 9.17. The fraction of sp³-hybridized carbons (Fsp3) is 0.333. The summed E-state index contributed by atoms with van der Waals surface area (Å²) in [6.07, 6.45) is 2.06. The van der Waals surface area contributed by atoms with Gasteiger partial charge in [-0.2, -0.15) is 0 Å². The molecule has 2 unspecified atom stereocenters. The van der Waals surface area contributed by atoms with Gasteiger partial charge >= 0.3 is 0 Å². The maximum absolute atomic E-state index is 4.33. The van der Waals surface area contributed by atoms with Gasteiger partial charge in [-0.25, -0.2) is 0 Å². The van der Waals surface area contributed by atoms with Gasteiger partial charge in [0.25, 0.3) is 0 Å². The summed E-state index contributed by atoms with van der Waals surface area (Å²) in [4.78, 5) is 10.8. The van der Waals surface area contributed by atoms with E-state index in [2.05, 4.69) is 57.4 Å². The van der Waals surface area contributed by atoms with Crippen molar-refractivity contribution in [2.24, 2.45) is 9.98 Å². The van der Waals surface area contributed by atoms with Gasteiger partial charge in [-0.3, -0.25) is 9.98 Å². The van der Waals surface area contributed by atoms with Crippen LogP contribution in [0.4, 0.5) is 5.69 Å². The molecule has 0 saturated carbocycles. The number of allylic oxidation sites excluding steroid dienone is 1. The molecule has 1 aliphatic heterocycles. The largest absolute Gasteiger partial charge is 0.378 e. The highest BCUT2D eigenvalue weighted by Gasteiger charge is 2.28. The van der Waals surface area contributed by atoms with Crippen LogP contribution < -0.4 is 4.90 Å². The minimum absolute atomic E-state index is 0.0404. The van der Waals surface area contributed by atoms with Crippen molar-refractivity contribution in [3.63, 3.8) is 0 Å². The molecule has 4 heteroatoms. The summed E-state index contributed by atoms with van der Waals surface area (Å²) in [5, 5.41) is 2.32. The van der Waals surface area contributed by atoms with Gasteiger partial charge in [0, 0.05) is 26.8 Å². The average molecular weight is 273 g/mol. The van der Waals surface area contributed by atoms with Crippen LogP contribution in [0.5, 0.6) is 0 Å². The molecule has 0 aromatic heterocycles. The Morgan fingerprint density at radius 1 is 1.37 bits per heavy atom. The molecule has 2 rings (SSSR count). The fourth-order valence-electron chi connectivity index (χ4n) is 2.16. The van der Waals surface area contributed by atoms with E-state index in [1.807, 2.05) is 21.1 Å². The Balaban J connectivity index is 2.32. The summed E-state index contributed by atoms with van der Waals surface area (Å²) >= 11 is 1.76. The molecule has 1 aliphatic rings. The van der Waals surface area contributed by atoms with Gasteiger partial charge in [0.2, 0.25) is 0 Å². The van der Waals surface area contributed by atoms with Crippen LogP contribution in [0.2, 0.25) is 0 Å². The summed E-state index contributed by atoms with van der Waals surface area (Å²) in [5.74, 6) is 0. The van der Waals surface area contributed by atoms with Gasteiger partial charge in [0.05, 0.1) is 17.0 Å². The smallest absolute Gasteiger partial charge is 0.0920 e. The van der Waals surface area contributed by atoms with Crippen LogP contribution in [0.3, 0.4) is 0 Å². The molecule has 0 bridgehead atoms. The number of aliphatic imine (C=N–C) groups is 2. The maximum atomic E-state index is 4.33. The number of rotatable bonds is 4. The summed E-state index contributed by atoms with van der Waals surface area (Å²) < 4.78 is 0. The van der Waals surface area contributed by atoms with Crippen molar-refractivity contribution in [1.29, 1.82) is 0 Å². The summed E-state index contributed by atoms with van der Waals surface area (Å²) in [6.45, 7) is 3.77. The highest BCUT2D eigenvalue weighted by molar-refractivity contribution is 8.04. The van der Waals surface area contributed by atoms with Gasteiger partial charge in [0.15, 0.2) is 0 Å². The molecule has 19 heavy (non-hydrogen) atoms. The fourth-order valence-corrected chi connectivity index (χ4v) is 3.26. The molecule has 3 nitrogen and oxygen atoms in total. The second-order valence-corrected chi connectivity index (χ2v) is 5.68. The molecular formula is C15H19N3S. The van der Waals surface area contributed by atoms with E-state index >= 15 is 0 Å². The topological polar surface area (TPSA) is 28.0 Å². The lowest BCUT2D eigenvalue weighted by molar-refractivity contribution is 0.788. The van der Waals surface area contributed by atoms with Gasteiger partial charge in [-0.05, 0) is 35.9 Å². The Hall–Kier alpha value is -1.55. The number of benzene rings is 1. The highest BCUT2D eigenvalue weighted by Crippen LogP contribution is 2.36. The molecule has 0 saturated heterocycles. The number of hydrogen-bond donors (Lipinski definition) is 0. The highest BCUT2D eigenvalue weighted by atomic mass is 32.2. The molecule has 0 radical (unpaired) electrons. The summed E-state index contributed by atoms with van der Waals surface area (Å²) in [7, 11) is 5.91. The van der Waals surface area contributed by atoms with Crippen LogP contribution >= 0.6 is 11.8 Å². The number of nitrogens with zero attached hydrogens (tertiary/aromatic N) is 3. The van der Waals surface area contributed by atoms with Crippen molar-refractivity contribution >= 4 is 29.9 Å². The third-order valence-electron chi connectivity index (χ3n) is 3.23. The molecule has 100 valence electrons. The molecule has 0 aliphatic carbocycles. The van der Waals surface area contributed by atoms with Gasteiger partial charge in [-0.1, -0.05) is 12.1 Å². The Labute approximate surface area is 119 Å². The zero-order valence-corrected chi connectivity index (χ0v) is 12.4. The first-order valence-corrected chi connectivity index (χ1v) is 7.13. The van der Waals surface area contributed by atoms with Crippen molar-refractivity contribution in [1.82, 2.24) is 0 Å². The van der Waals surface area contributed by atoms with Crippen molar-refractivity contribution < 1.29 is 0 Å². The Morgan fingerprint density at radius 2 is 2.16 bits per heavy atom. The van der Waals surface area contributed by atoms with E-state index in [0.717, 1.165) is 5.71 Å². The van der Waals surface area contributed by atoms with E-state index < -0.39 is 0 Å². The molecule has 1 heterocycles. The van der Waals surface area contributed by atoms with Crippen molar-refractivity contribution in [3.05, 3.63) is 41.3 Å². The second-order valence-electron chi connectivity index (χ2n) is 4.62. The lowest BCUT2D eigenvalue weighted by Gasteiger charge is -2.21. The van der Waals surface area contributed by atoms with E-state index in [-0.39, 0.29) is 11.3 Å². The molecule has 0 N–H and O–H groups in total. The van der Waals surface area contributed by atoms with Crippen molar-refractivity contribution in [2.45, 2.75) is 11.3 Å². The monoisotopic (exact) mass is 273 g/mol. The van der Waals surface area contributed by atoms with Crippen LogP contribution in [0.25, 0.3) is 0 Å². The lowest BCUT2D eigenvalue weighted by Crippen LogP contribution is -2.20. The predicted molar refractivity (Wildman–Crippen MR) is 86.9 cm³/mol. The number of hydrogen-bond acceptors (Lipinski definition) is 4. The molecule has 0 amide bonds. The van der Waals surface area contributed by atoms with Crippen LogP contribution in [-0.4, -0.2) is 38.8 Å². The predicted octanol–water partition coefficient (Wildman–Crippen LogP) is 3.19. The molecule has 0 fully saturated rings. The van der Waals surface area contributed by atoms with E-state index in [1.54, 1.807) is 11.8 Å². The van der Waals surface area contributed by atoms with Crippen molar-refractivity contribution in [2.75, 3.05) is 26.0 Å². The second kappa shape index (κ2) is 6.06. The van der Waals surface area contributed by atoms with Crippen LogP contribution in [0.15, 0.2) is 45.7 Å². The third-order valence-corrected chi connectivity index (χ3v) is 4.31. The Kier molecular flexibility index (Phi) is 4.43. The SMILES string of the molecule is C=NC(c1cccc(N(C)C)c1)C1SC=CC1=NC. The van der Waals surface area contributed by atoms with E-state index in [1.165, 1.54) is 11.3 Å². The van der Waals surface area contributed by atoms with Crippen LogP contribution in [0.1, 0.15) is 11.6 Å². The standard InChI is InChI=1S/C15H19N3S/c1-16-13-8-9-19-15(13)14(17-2)11-6-5-7-12(10-11)18(3)4/h5-10,14-15H,2H2,1,3-4H3. The van der Waals surface area contributed by atoms with Gasteiger partial charge in [0.1, 0.15) is 0 Å². The molecule has 1 aromatic carbocycles. The number of thioether (sulfide) groups is 1. The Bertz CT molecular complexity index is 520. The first kappa shape index (κ1) is 13.9. The molecule has 2 atom stereocenters. The summed E-state index contributed by atoms with van der Waals surface area (Å²) in [6, 6.07) is 8.49. The zero-order chi connectivity index (χ0) is 13.8. The minimum atomic E-state index is 0.0404. The van der Waals surface area contributed by atoms with Gasteiger partial charge in [-0.15, -0.1) is 11.8 Å². The van der Waals surface area contributed by atoms with Gasteiger partial charge < -0.3 is 4.90 Å². The molecule has 1 aromatic rings. The van der Waals surface area contributed by atoms with Crippen molar-refractivity contribution in [3.8, 4) is 0 Å². The minimum Gasteiger partial charge on any atom is -0.378 e. The molecule has 0 spiro atoms. The lowest BCUT2D eigenvalue weighted by atomic mass is 10.0. The Morgan fingerprint density at radius 3 is 2.79 bits per heavy atom. The van der Waals surface area contributed by atoms with E-state index in [9.17, 15) is 0 Å². The van der Waals surface area contributed by atoms with Crippen LogP contribution in [0, 0.1) is 0 Å². The van der Waals surface area contributed by atoms with Crippen LogP contribution in [-0.2, 0) is 0 Å². The summed E-state index contributed by atoms with van der Waals surface area (Å²) in [5.41, 5.74) is 3.44. The third kappa shape index (κ3) is 2.89. The average Bonchev–Trinajstić information content (AvgIpc) is 2.88. The maximum Gasteiger partial charge on any atom is 0.0920 e. The number of anilines is 1. The van der Waals surface area contributed by atoms with E-state index in [0.29, 0.717) is 0 Å². The normalized spacial score (nSPS) is 21.6. The zero-order valence-electron chi connectivity index (χ0n) is 11.6. The molecular weight excluding hydrogens is 254 g/mol.